The van der Waals surface area contributed by atoms with Crippen LogP contribution >= 0.6 is 0 Å². The number of nitrogens with zero attached hydrogens (tertiary/aromatic N) is 2. The van der Waals surface area contributed by atoms with Crippen LogP contribution in [0.25, 0.3) is 11.0 Å². The quantitative estimate of drug-likeness (QED) is 0.542. The molecular weight excluding hydrogens is 128 g/mol. The molecule has 0 aliphatic rings. The Hall–Kier alpha value is -1.38. The summed E-state index contributed by atoms with van der Waals surface area (Å²) in [6.07, 6.45) is 0. The van der Waals surface area contributed by atoms with Gasteiger partial charge in [0.2, 0.25) is 0 Å². The highest BCUT2D eigenvalue weighted by Gasteiger charge is 1.97. The average Bonchev–Trinajstić information content (AvgIpc) is 2.33. The molecule has 0 atom stereocenters. The van der Waals surface area contributed by atoms with Crippen LogP contribution in [-0.4, -0.2) is 10.3 Å². The van der Waals surface area contributed by atoms with Gasteiger partial charge in [-0.25, -0.2) is 4.63 Å². The van der Waals surface area contributed by atoms with Gasteiger partial charge in [-0.05, 0) is 34.9 Å². The molecule has 0 aliphatic heterocycles. The van der Waals surface area contributed by atoms with E-state index < -0.39 is 0 Å². The van der Waals surface area contributed by atoms with Gasteiger partial charge < -0.3 is 0 Å². The number of hydrogen-bond acceptors (Lipinski definition) is 3. The summed E-state index contributed by atoms with van der Waals surface area (Å²) in [5.74, 6) is 0. The summed E-state index contributed by atoms with van der Waals surface area (Å²) in [5.41, 5.74) is 2.09. The summed E-state index contributed by atoms with van der Waals surface area (Å²) in [5, 5.41) is 7.23. The SMILES string of the molecule is [CH]c1ccc2nonc2c1. The molecule has 0 amide bonds. The smallest absolute Gasteiger partial charge is 0.135 e. The lowest BCUT2D eigenvalue weighted by molar-refractivity contribution is 0.315. The standard InChI is InChI=1S/C7H4N2O/c1-5-2-3-6-7(4-5)9-10-8-6/h1-4H. The van der Waals surface area contributed by atoms with E-state index in [4.69, 9.17) is 6.92 Å². The fourth-order valence-electron chi connectivity index (χ4n) is 0.799. The van der Waals surface area contributed by atoms with Crippen molar-refractivity contribution in [2.45, 2.75) is 0 Å². The van der Waals surface area contributed by atoms with Crippen molar-refractivity contribution in [3.63, 3.8) is 0 Å². The molecule has 1 aromatic heterocycles. The Kier molecular flexibility index (Phi) is 0.974. The maximum atomic E-state index is 5.47. The third-order valence-corrected chi connectivity index (χ3v) is 1.28. The zero-order valence-electron chi connectivity index (χ0n) is 5.11. The zero-order chi connectivity index (χ0) is 6.97. The van der Waals surface area contributed by atoms with Crippen LogP contribution in [0.4, 0.5) is 0 Å². The molecule has 48 valence electrons. The second kappa shape index (κ2) is 1.80. The van der Waals surface area contributed by atoms with Gasteiger partial charge in [0.25, 0.3) is 0 Å². The molecule has 0 bridgehead atoms. The minimum absolute atomic E-state index is 0.670. The van der Waals surface area contributed by atoms with E-state index in [1.165, 1.54) is 0 Å². The lowest BCUT2D eigenvalue weighted by atomic mass is 10.2. The largest absolute Gasteiger partial charge is 0.243 e. The average molecular weight is 132 g/mol. The van der Waals surface area contributed by atoms with E-state index in [-0.39, 0.29) is 0 Å². The normalized spacial score (nSPS) is 10.5. The molecule has 0 aliphatic carbocycles. The molecule has 0 unspecified atom stereocenters. The fraction of sp³-hybridized carbons (Fsp3) is 0. The Balaban J connectivity index is 2.86. The molecule has 0 spiro atoms. The fourth-order valence-corrected chi connectivity index (χ4v) is 0.799. The van der Waals surface area contributed by atoms with Crippen molar-refractivity contribution in [1.29, 1.82) is 0 Å². The van der Waals surface area contributed by atoms with Gasteiger partial charge in [-0.2, -0.15) is 0 Å². The highest BCUT2D eigenvalue weighted by molar-refractivity contribution is 5.73. The van der Waals surface area contributed by atoms with Gasteiger partial charge in [-0.15, -0.1) is 0 Å². The molecule has 0 saturated heterocycles. The molecule has 2 rings (SSSR count). The first-order valence-electron chi connectivity index (χ1n) is 2.84. The van der Waals surface area contributed by atoms with Gasteiger partial charge in [0.05, 0.1) is 0 Å². The highest BCUT2D eigenvalue weighted by Crippen LogP contribution is 2.09. The van der Waals surface area contributed by atoms with Crippen molar-refractivity contribution in [2.75, 3.05) is 0 Å². The molecule has 1 heterocycles. The van der Waals surface area contributed by atoms with Gasteiger partial charge >= 0.3 is 0 Å². The molecule has 3 nitrogen and oxygen atoms in total. The van der Waals surface area contributed by atoms with Crippen LogP contribution in [-0.2, 0) is 0 Å². The first-order chi connectivity index (χ1) is 4.86. The Morgan fingerprint density at radius 3 is 2.90 bits per heavy atom. The van der Waals surface area contributed by atoms with Gasteiger partial charge in [0, 0.05) is 0 Å². The lowest BCUT2D eigenvalue weighted by Crippen LogP contribution is -1.71. The number of aromatic nitrogens is 2. The molecule has 0 saturated carbocycles. The Morgan fingerprint density at radius 2 is 2.00 bits per heavy atom. The third-order valence-electron chi connectivity index (χ3n) is 1.28. The number of rotatable bonds is 0. The summed E-state index contributed by atoms with van der Waals surface area (Å²) in [6.45, 7) is 5.47. The first kappa shape index (κ1) is 5.41. The Bertz CT molecular complexity index is 353. The van der Waals surface area contributed by atoms with E-state index in [9.17, 15) is 0 Å². The van der Waals surface area contributed by atoms with Crippen molar-refractivity contribution in [1.82, 2.24) is 10.3 Å². The second-order valence-electron chi connectivity index (χ2n) is 2.01. The van der Waals surface area contributed by atoms with Crippen LogP contribution < -0.4 is 0 Å². The zero-order valence-corrected chi connectivity index (χ0v) is 5.11. The summed E-state index contributed by atoms with van der Waals surface area (Å²) in [7, 11) is 0. The van der Waals surface area contributed by atoms with Crippen LogP contribution in [0.5, 0.6) is 0 Å². The Morgan fingerprint density at radius 1 is 1.20 bits per heavy atom. The maximum absolute atomic E-state index is 5.47. The minimum Gasteiger partial charge on any atom is -0.243 e. The summed E-state index contributed by atoms with van der Waals surface area (Å²) < 4.78 is 4.46. The van der Waals surface area contributed by atoms with Gasteiger partial charge in [-0.3, -0.25) is 0 Å². The molecule has 0 fully saturated rings. The number of benzene rings is 1. The van der Waals surface area contributed by atoms with Crippen molar-refractivity contribution < 1.29 is 4.63 Å². The van der Waals surface area contributed by atoms with Crippen LogP contribution in [0.1, 0.15) is 5.56 Å². The van der Waals surface area contributed by atoms with E-state index in [1.54, 1.807) is 18.2 Å². The van der Waals surface area contributed by atoms with Crippen LogP contribution in [0.15, 0.2) is 22.8 Å². The van der Waals surface area contributed by atoms with Crippen LogP contribution in [0.2, 0.25) is 0 Å². The topological polar surface area (TPSA) is 38.9 Å². The van der Waals surface area contributed by atoms with Gasteiger partial charge in [0.1, 0.15) is 11.0 Å². The van der Waals surface area contributed by atoms with Crippen LogP contribution in [0, 0.1) is 6.92 Å². The third kappa shape index (κ3) is 0.673. The first-order valence-corrected chi connectivity index (χ1v) is 2.84. The van der Waals surface area contributed by atoms with E-state index in [2.05, 4.69) is 14.9 Å². The predicted molar refractivity (Wildman–Crippen MR) is 35.2 cm³/mol. The van der Waals surface area contributed by atoms with E-state index in [1.807, 2.05) is 0 Å². The summed E-state index contributed by atoms with van der Waals surface area (Å²) in [6, 6.07) is 5.24. The van der Waals surface area contributed by atoms with E-state index in [0.717, 1.165) is 5.52 Å². The summed E-state index contributed by atoms with van der Waals surface area (Å²) >= 11 is 0. The minimum atomic E-state index is 0.670. The number of fused-ring (bicyclic) bond motifs is 1. The molecule has 10 heavy (non-hydrogen) atoms. The van der Waals surface area contributed by atoms with Gasteiger partial charge in [-0.1, -0.05) is 6.07 Å². The van der Waals surface area contributed by atoms with E-state index >= 15 is 0 Å². The van der Waals surface area contributed by atoms with Crippen molar-refractivity contribution in [3.8, 4) is 0 Å². The molecule has 0 N–H and O–H groups in total. The maximum Gasteiger partial charge on any atom is 0.135 e. The van der Waals surface area contributed by atoms with Gasteiger partial charge in [0.15, 0.2) is 0 Å². The lowest BCUT2D eigenvalue weighted by Gasteiger charge is -1.85. The van der Waals surface area contributed by atoms with E-state index in [0.29, 0.717) is 11.1 Å². The predicted octanol–water partition coefficient (Wildman–Crippen LogP) is 1.28. The molecule has 1 aromatic carbocycles. The molecular formula is C7H4N2O. The summed E-state index contributed by atoms with van der Waals surface area (Å²) in [4.78, 5) is 0. The second-order valence-corrected chi connectivity index (χ2v) is 2.01. The van der Waals surface area contributed by atoms with Crippen molar-refractivity contribution in [3.05, 3.63) is 30.7 Å². The van der Waals surface area contributed by atoms with Crippen molar-refractivity contribution in [2.24, 2.45) is 0 Å². The van der Waals surface area contributed by atoms with Crippen molar-refractivity contribution >= 4 is 11.0 Å². The molecule has 3 heteroatoms. The number of hydrogen-bond donors (Lipinski definition) is 0. The monoisotopic (exact) mass is 132 g/mol. The Labute approximate surface area is 57.6 Å². The molecule has 2 radical (unpaired) electrons. The van der Waals surface area contributed by atoms with Crippen LogP contribution in [0.3, 0.4) is 0 Å². The molecule has 2 aromatic rings. The highest BCUT2D eigenvalue weighted by atomic mass is 16.6.